The Morgan fingerprint density at radius 1 is 1.09 bits per heavy atom. The van der Waals surface area contributed by atoms with E-state index in [1.54, 1.807) is 12.1 Å². The van der Waals surface area contributed by atoms with Crippen LogP contribution >= 0.6 is 0 Å². The first-order valence-electron chi connectivity index (χ1n) is 7.57. The first-order valence-corrected chi connectivity index (χ1v) is 7.57. The topological polar surface area (TPSA) is 93.5 Å². The van der Waals surface area contributed by atoms with Gasteiger partial charge < -0.3 is 21.1 Å². The maximum Gasteiger partial charge on any atom is 0.251 e. The Labute approximate surface area is 130 Å². The lowest BCUT2D eigenvalue weighted by Crippen LogP contribution is -2.50. The molecule has 0 unspecified atom stereocenters. The smallest absolute Gasteiger partial charge is 0.251 e. The third-order valence-corrected chi connectivity index (χ3v) is 4.05. The molecule has 1 fully saturated rings. The van der Waals surface area contributed by atoms with Crippen LogP contribution in [-0.2, 0) is 9.53 Å². The Morgan fingerprint density at radius 3 is 2.36 bits per heavy atom. The summed E-state index contributed by atoms with van der Waals surface area (Å²) in [4.78, 5) is 24.2. The molecule has 0 radical (unpaired) electrons. The average molecular weight is 305 g/mol. The van der Waals surface area contributed by atoms with Gasteiger partial charge in [-0.2, -0.15) is 0 Å². The maximum atomic E-state index is 12.3. The summed E-state index contributed by atoms with van der Waals surface area (Å²) < 4.78 is 5.29. The van der Waals surface area contributed by atoms with Crippen LogP contribution in [0.1, 0.15) is 23.2 Å². The number of hydrogen-bond donors (Lipinski definition) is 3. The lowest BCUT2D eigenvalue weighted by Gasteiger charge is -2.34. The van der Waals surface area contributed by atoms with Crippen molar-refractivity contribution in [2.75, 3.05) is 32.8 Å². The molecule has 0 aliphatic carbocycles. The second-order valence-electron chi connectivity index (χ2n) is 5.47. The molecule has 0 aromatic heterocycles. The van der Waals surface area contributed by atoms with E-state index in [1.165, 1.54) is 0 Å². The Hall–Kier alpha value is -1.92. The molecular formula is C16H23N3O3. The summed E-state index contributed by atoms with van der Waals surface area (Å²) in [5.74, 6) is -0.193. The predicted octanol–water partition coefficient (Wildman–Crippen LogP) is 0.288. The average Bonchev–Trinajstić information content (AvgIpc) is 2.59. The fourth-order valence-corrected chi connectivity index (χ4v) is 2.52. The Balaban J connectivity index is 1.74. The van der Waals surface area contributed by atoms with Crippen LogP contribution in [0, 0.1) is 5.41 Å². The highest BCUT2D eigenvalue weighted by atomic mass is 16.5. The van der Waals surface area contributed by atoms with E-state index in [9.17, 15) is 9.59 Å². The number of carbonyl (C=O) groups is 2. The van der Waals surface area contributed by atoms with Crippen molar-refractivity contribution in [3.63, 3.8) is 0 Å². The van der Waals surface area contributed by atoms with Crippen molar-refractivity contribution in [3.8, 4) is 0 Å². The van der Waals surface area contributed by atoms with E-state index in [4.69, 9.17) is 10.5 Å². The Bertz CT molecular complexity index is 499. The molecule has 1 heterocycles. The van der Waals surface area contributed by atoms with Crippen molar-refractivity contribution in [2.24, 2.45) is 11.1 Å². The van der Waals surface area contributed by atoms with Gasteiger partial charge in [-0.25, -0.2) is 0 Å². The summed E-state index contributed by atoms with van der Waals surface area (Å²) in [5, 5.41) is 5.64. The molecule has 22 heavy (non-hydrogen) atoms. The monoisotopic (exact) mass is 305 g/mol. The molecule has 6 nitrogen and oxygen atoms in total. The number of ether oxygens (including phenoxy) is 1. The van der Waals surface area contributed by atoms with Crippen molar-refractivity contribution >= 4 is 11.8 Å². The van der Waals surface area contributed by atoms with Gasteiger partial charge in [0.05, 0.1) is 5.41 Å². The summed E-state index contributed by atoms with van der Waals surface area (Å²) in [6.07, 6.45) is 1.29. The van der Waals surface area contributed by atoms with E-state index in [0.29, 0.717) is 51.3 Å². The van der Waals surface area contributed by atoms with Gasteiger partial charge in [-0.1, -0.05) is 18.2 Å². The van der Waals surface area contributed by atoms with Crippen molar-refractivity contribution in [2.45, 2.75) is 12.8 Å². The van der Waals surface area contributed by atoms with Gasteiger partial charge >= 0.3 is 0 Å². The predicted molar refractivity (Wildman–Crippen MR) is 83.3 cm³/mol. The second-order valence-corrected chi connectivity index (χ2v) is 5.47. The first kappa shape index (κ1) is 16.5. The highest BCUT2D eigenvalue weighted by Crippen LogP contribution is 2.29. The molecule has 0 bridgehead atoms. The molecular weight excluding hydrogens is 282 g/mol. The lowest BCUT2D eigenvalue weighted by molar-refractivity contribution is -0.135. The summed E-state index contributed by atoms with van der Waals surface area (Å²) in [7, 11) is 0. The summed E-state index contributed by atoms with van der Waals surface area (Å²) in [5.41, 5.74) is 5.86. The normalized spacial score (nSPS) is 16.8. The van der Waals surface area contributed by atoms with Crippen LogP contribution in [0.3, 0.4) is 0 Å². The minimum atomic E-state index is -0.526. The van der Waals surface area contributed by atoms with Gasteiger partial charge in [0.2, 0.25) is 5.91 Å². The number of amides is 2. The third-order valence-electron chi connectivity index (χ3n) is 4.05. The molecule has 2 rings (SSSR count). The molecule has 2 amide bonds. The molecule has 1 aliphatic heterocycles. The van der Waals surface area contributed by atoms with Gasteiger partial charge in [0.15, 0.2) is 0 Å². The summed E-state index contributed by atoms with van der Waals surface area (Å²) in [6.45, 7) is 2.22. The van der Waals surface area contributed by atoms with Crippen molar-refractivity contribution in [1.29, 1.82) is 0 Å². The number of nitrogens with two attached hydrogens (primary N) is 1. The van der Waals surface area contributed by atoms with Crippen molar-refractivity contribution in [1.82, 2.24) is 10.6 Å². The summed E-state index contributed by atoms with van der Waals surface area (Å²) in [6, 6.07) is 8.98. The van der Waals surface area contributed by atoms with Gasteiger partial charge in [-0.3, -0.25) is 9.59 Å². The Morgan fingerprint density at radius 2 is 1.73 bits per heavy atom. The SMILES string of the molecule is NCC1(C(=O)NCCNC(=O)c2ccccc2)CCOCC1. The molecule has 1 saturated heterocycles. The molecule has 4 N–H and O–H groups in total. The van der Waals surface area contributed by atoms with E-state index < -0.39 is 5.41 Å². The van der Waals surface area contributed by atoms with Crippen LogP contribution in [-0.4, -0.2) is 44.7 Å². The van der Waals surface area contributed by atoms with Gasteiger partial charge in [0.1, 0.15) is 0 Å². The van der Waals surface area contributed by atoms with Crippen molar-refractivity contribution in [3.05, 3.63) is 35.9 Å². The molecule has 1 aromatic rings. The van der Waals surface area contributed by atoms with Crippen LogP contribution in [0.2, 0.25) is 0 Å². The van der Waals surface area contributed by atoms with Gasteiger partial charge in [-0.05, 0) is 25.0 Å². The van der Waals surface area contributed by atoms with Crippen LogP contribution in [0.15, 0.2) is 30.3 Å². The zero-order valence-electron chi connectivity index (χ0n) is 12.6. The number of carbonyl (C=O) groups excluding carboxylic acids is 2. The highest BCUT2D eigenvalue weighted by molar-refractivity contribution is 5.94. The second kappa shape index (κ2) is 7.91. The Kier molecular flexibility index (Phi) is 5.91. The van der Waals surface area contributed by atoms with Gasteiger partial charge in [0, 0.05) is 38.4 Å². The third kappa shape index (κ3) is 4.05. The lowest BCUT2D eigenvalue weighted by atomic mass is 9.79. The minimum Gasteiger partial charge on any atom is -0.381 e. The fraction of sp³-hybridized carbons (Fsp3) is 0.500. The van der Waals surface area contributed by atoms with Crippen LogP contribution in [0.5, 0.6) is 0 Å². The van der Waals surface area contributed by atoms with E-state index in [1.807, 2.05) is 18.2 Å². The number of hydrogen-bond acceptors (Lipinski definition) is 4. The zero-order chi connectivity index (χ0) is 15.8. The zero-order valence-corrected chi connectivity index (χ0v) is 12.6. The molecule has 6 heteroatoms. The van der Waals surface area contributed by atoms with Crippen LogP contribution < -0.4 is 16.4 Å². The van der Waals surface area contributed by atoms with Crippen LogP contribution in [0.4, 0.5) is 0 Å². The summed E-state index contributed by atoms with van der Waals surface area (Å²) >= 11 is 0. The number of benzene rings is 1. The van der Waals surface area contributed by atoms with E-state index in [0.717, 1.165) is 0 Å². The highest BCUT2D eigenvalue weighted by Gasteiger charge is 2.38. The number of rotatable bonds is 6. The van der Waals surface area contributed by atoms with E-state index in [2.05, 4.69) is 10.6 Å². The molecule has 0 atom stereocenters. The van der Waals surface area contributed by atoms with Crippen molar-refractivity contribution < 1.29 is 14.3 Å². The molecule has 0 saturated carbocycles. The maximum absolute atomic E-state index is 12.3. The molecule has 0 spiro atoms. The molecule has 1 aromatic carbocycles. The quantitative estimate of drug-likeness (QED) is 0.658. The van der Waals surface area contributed by atoms with Crippen LogP contribution in [0.25, 0.3) is 0 Å². The standard InChI is InChI=1S/C16H23N3O3/c17-12-16(6-10-22-11-7-16)15(21)19-9-8-18-14(20)13-4-2-1-3-5-13/h1-5H,6-12,17H2,(H,18,20)(H,19,21). The fourth-order valence-electron chi connectivity index (χ4n) is 2.52. The largest absolute Gasteiger partial charge is 0.381 e. The van der Waals surface area contributed by atoms with E-state index in [-0.39, 0.29) is 11.8 Å². The van der Waals surface area contributed by atoms with Gasteiger partial charge in [0.25, 0.3) is 5.91 Å². The molecule has 1 aliphatic rings. The van der Waals surface area contributed by atoms with Gasteiger partial charge in [-0.15, -0.1) is 0 Å². The number of nitrogens with one attached hydrogen (secondary N) is 2. The first-order chi connectivity index (χ1) is 10.7. The molecule has 120 valence electrons. The minimum absolute atomic E-state index is 0.0488. The van der Waals surface area contributed by atoms with E-state index >= 15 is 0 Å².